The Kier molecular flexibility index (Phi) is 5.33. The summed E-state index contributed by atoms with van der Waals surface area (Å²) in [5.41, 5.74) is 8.92. The van der Waals surface area contributed by atoms with Crippen LogP contribution in [0.3, 0.4) is 0 Å². The zero-order valence-corrected chi connectivity index (χ0v) is 17.5. The molecule has 3 heterocycles. The highest BCUT2D eigenvalue weighted by molar-refractivity contribution is 7.21. The number of thiophene rings is 1. The number of nitrogens with zero attached hydrogens (tertiary/aromatic N) is 2. The van der Waals surface area contributed by atoms with Crippen LogP contribution in [-0.2, 0) is 13.0 Å². The number of aromatic nitrogens is 1. The minimum Gasteiger partial charge on any atom is -0.431 e. The lowest BCUT2D eigenvalue weighted by Crippen LogP contribution is -2.30. The number of para-hydroxylation sites is 2. The molecule has 158 valence electrons. The van der Waals surface area contributed by atoms with Crippen molar-refractivity contribution < 1.29 is 18.3 Å². The fourth-order valence-corrected chi connectivity index (χ4v) is 4.52. The summed E-state index contributed by atoms with van der Waals surface area (Å²) in [6, 6.07) is 8.06. The number of alkyl halides is 2. The minimum absolute atomic E-state index is 0.119. The molecule has 0 saturated carbocycles. The molecule has 0 aliphatic carbocycles. The molecule has 6 nitrogen and oxygen atoms in total. The van der Waals surface area contributed by atoms with Gasteiger partial charge in [-0.3, -0.25) is 9.69 Å². The number of ether oxygens (including phenoxy) is 1. The number of benzene rings is 1. The Labute approximate surface area is 176 Å². The van der Waals surface area contributed by atoms with E-state index < -0.39 is 12.0 Å². The van der Waals surface area contributed by atoms with Gasteiger partial charge in [0.25, 0.3) is 5.91 Å². The lowest BCUT2D eigenvalue weighted by molar-refractivity contribution is -0.158. The third-order valence-electron chi connectivity index (χ3n) is 5.03. The molecule has 2 aromatic heterocycles. The second-order valence-corrected chi connectivity index (χ2v) is 8.27. The highest BCUT2D eigenvalue weighted by Gasteiger charge is 2.26. The highest BCUT2D eigenvalue weighted by Crippen LogP contribution is 2.36. The summed E-state index contributed by atoms with van der Waals surface area (Å²) in [5.74, 6) is -0.606. The van der Waals surface area contributed by atoms with Crippen molar-refractivity contribution in [2.75, 3.05) is 24.1 Å². The number of amides is 1. The molecular weight excluding hydrogens is 410 g/mol. The Morgan fingerprint density at radius 2 is 2.17 bits per heavy atom. The van der Waals surface area contributed by atoms with E-state index in [-0.39, 0.29) is 11.4 Å². The number of rotatable bonds is 5. The number of nitrogens with two attached hydrogens (primary N) is 1. The highest BCUT2D eigenvalue weighted by atomic mass is 32.1. The number of anilines is 2. The summed E-state index contributed by atoms with van der Waals surface area (Å²) in [5, 5.41) is 3.38. The van der Waals surface area contributed by atoms with Crippen molar-refractivity contribution in [2.24, 2.45) is 0 Å². The van der Waals surface area contributed by atoms with E-state index in [0.717, 1.165) is 42.7 Å². The van der Waals surface area contributed by atoms with Crippen molar-refractivity contribution in [1.82, 2.24) is 9.88 Å². The third-order valence-corrected chi connectivity index (χ3v) is 6.14. The SMILES string of the molecule is CCN1CCc2nc3sc(C(=O)Nc4ccccc4OC(C)(F)F)c(N)c3cc2C1. The van der Waals surface area contributed by atoms with E-state index in [4.69, 9.17) is 10.7 Å². The van der Waals surface area contributed by atoms with E-state index >= 15 is 0 Å². The number of carbonyl (C=O) groups excluding carboxylic acids is 1. The van der Waals surface area contributed by atoms with Gasteiger partial charge in [0.2, 0.25) is 0 Å². The predicted molar refractivity (Wildman–Crippen MR) is 114 cm³/mol. The summed E-state index contributed by atoms with van der Waals surface area (Å²) in [6.07, 6.45) is -2.51. The molecule has 0 radical (unpaired) electrons. The normalized spacial score (nSPS) is 14.5. The molecule has 0 spiro atoms. The maximum absolute atomic E-state index is 13.3. The largest absolute Gasteiger partial charge is 0.431 e. The molecule has 1 aliphatic rings. The van der Waals surface area contributed by atoms with Crippen LogP contribution in [0.4, 0.5) is 20.2 Å². The van der Waals surface area contributed by atoms with Gasteiger partial charge in [0, 0.05) is 37.5 Å². The molecule has 1 amide bonds. The fourth-order valence-electron chi connectivity index (χ4n) is 3.53. The van der Waals surface area contributed by atoms with Crippen LogP contribution in [0, 0.1) is 0 Å². The quantitative estimate of drug-likeness (QED) is 0.621. The molecule has 3 aromatic rings. The Morgan fingerprint density at radius 1 is 1.40 bits per heavy atom. The first kappa shape index (κ1) is 20.5. The summed E-state index contributed by atoms with van der Waals surface area (Å²) < 4.78 is 31.2. The summed E-state index contributed by atoms with van der Waals surface area (Å²) in [6.45, 7) is 5.48. The molecule has 0 unspecified atom stereocenters. The van der Waals surface area contributed by atoms with Crippen LogP contribution < -0.4 is 15.8 Å². The zero-order chi connectivity index (χ0) is 21.5. The van der Waals surface area contributed by atoms with Crippen molar-refractivity contribution in [1.29, 1.82) is 0 Å². The molecule has 0 atom stereocenters. The first-order chi connectivity index (χ1) is 14.2. The maximum Gasteiger partial charge on any atom is 0.394 e. The van der Waals surface area contributed by atoms with Gasteiger partial charge in [-0.15, -0.1) is 11.3 Å². The van der Waals surface area contributed by atoms with E-state index in [1.165, 1.54) is 23.5 Å². The Morgan fingerprint density at radius 3 is 2.90 bits per heavy atom. The lowest BCUT2D eigenvalue weighted by Gasteiger charge is -2.26. The number of hydrogen-bond acceptors (Lipinski definition) is 6. The monoisotopic (exact) mass is 432 g/mol. The Balaban J connectivity index is 1.64. The van der Waals surface area contributed by atoms with Crippen LogP contribution in [0.25, 0.3) is 10.2 Å². The molecule has 3 N–H and O–H groups in total. The Bertz CT molecular complexity index is 1110. The number of nitrogen functional groups attached to an aromatic ring is 1. The van der Waals surface area contributed by atoms with Crippen LogP contribution in [0.1, 0.15) is 34.8 Å². The first-order valence-corrected chi connectivity index (χ1v) is 10.5. The average molecular weight is 432 g/mol. The molecule has 9 heteroatoms. The van der Waals surface area contributed by atoms with Crippen molar-refractivity contribution in [3.05, 3.63) is 46.5 Å². The molecule has 4 rings (SSSR count). The van der Waals surface area contributed by atoms with Gasteiger partial charge in [-0.25, -0.2) is 4.98 Å². The lowest BCUT2D eigenvalue weighted by atomic mass is 10.0. The van der Waals surface area contributed by atoms with Gasteiger partial charge >= 0.3 is 6.11 Å². The topological polar surface area (TPSA) is 80.5 Å². The number of halogens is 2. The summed E-state index contributed by atoms with van der Waals surface area (Å²) >= 11 is 1.20. The number of pyridine rings is 1. The maximum atomic E-state index is 13.3. The number of hydrogen-bond donors (Lipinski definition) is 2. The number of carbonyl (C=O) groups is 1. The standard InChI is InChI=1S/C21H22F2N4O2S/c1-3-27-9-8-14-12(11-27)10-13-17(24)18(30-20(13)26-14)19(28)25-15-6-4-5-7-16(15)29-21(2,22)23/h4-7,10H,3,8-9,11,24H2,1-2H3,(H,25,28). The van der Waals surface area contributed by atoms with Crippen molar-refractivity contribution in [3.63, 3.8) is 0 Å². The average Bonchev–Trinajstić information content (AvgIpc) is 3.02. The summed E-state index contributed by atoms with van der Waals surface area (Å²) in [7, 11) is 0. The third kappa shape index (κ3) is 4.08. The van der Waals surface area contributed by atoms with E-state index in [1.807, 2.05) is 6.07 Å². The van der Waals surface area contributed by atoms with Gasteiger partial charge < -0.3 is 15.8 Å². The van der Waals surface area contributed by atoms with E-state index in [0.29, 0.717) is 22.3 Å². The second-order valence-electron chi connectivity index (χ2n) is 7.27. The summed E-state index contributed by atoms with van der Waals surface area (Å²) in [4.78, 5) is 20.9. The van der Waals surface area contributed by atoms with Gasteiger partial charge in [-0.2, -0.15) is 8.78 Å². The van der Waals surface area contributed by atoms with Gasteiger partial charge in [0.15, 0.2) is 0 Å². The number of likely N-dealkylation sites (N-methyl/N-ethyl adjacent to an activating group) is 1. The fraction of sp³-hybridized carbons (Fsp3) is 0.333. The molecule has 30 heavy (non-hydrogen) atoms. The van der Waals surface area contributed by atoms with E-state index in [2.05, 4.69) is 21.9 Å². The van der Waals surface area contributed by atoms with Gasteiger partial charge in [0.1, 0.15) is 15.5 Å². The Hall–Kier alpha value is -2.78. The van der Waals surface area contributed by atoms with Crippen molar-refractivity contribution in [3.8, 4) is 5.75 Å². The van der Waals surface area contributed by atoms with E-state index in [1.54, 1.807) is 12.1 Å². The predicted octanol–water partition coefficient (Wildman–Crippen LogP) is 4.50. The smallest absolute Gasteiger partial charge is 0.394 e. The molecule has 1 aliphatic heterocycles. The zero-order valence-electron chi connectivity index (χ0n) is 16.7. The molecular formula is C21H22F2N4O2S. The number of nitrogens with one attached hydrogen (secondary N) is 1. The minimum atomic E-state index is -3.37. The second kappa shape index (κ2) is 7.81. The van der Waals surface area contributed by atoms with E-state index in [9.17, 15) is 13.6 Å². The van der Waals surface area contributed by atoms with Crippen molar-refractivity contribution in [2.45, 2.75) is 32.9 Å². The van der Waals surface area contributed by atoms with Crippen LogP contribution in [0.15, 0.2) is 30.3 Å². The van der Waals surface area contributed by atoms with Crippen LogP contribution in [0.2, 0.25) is 0 Å². The van der Waals surface area contributed by atoms with Crippen LogP contribution in [0.5, 0.6) is 5.75 Å². The molecule has 1 aromatic carbocycles. The van der Waals surface area contributed by atoms with Crippen LogP contribution >= 0.6 is 11.3 Å². The molecule has 0 fully saturated rings. The number of fused-ring (bicyclic) bond motifs is 2. The van der Waals surface area contributed by atoms with Crippen LogP contribution in [-0.4, -0.2) is 35.0 Å². The molecule has 0 bridgehead atoms. The van der Waals surface area contributed by atoms with Gasteiger partial charge in [-0.05, 0) is 30.3 Å². The first-order valence-electron chi connectivity index (χ1n) is 9.65. The van der Waals surface area contributed by atoms with Gasteiger partial charge in [-0.1, -0.05) is 19.1 Å². The molecule has 0 saturated heterocycles. The van der Waals surface area contributed by atoms with Gasteiger partial charge in [0.05, 0.1) is 11.4 Å². The van der Waals surface area contributed by atoms with Crippen molar-refractivity contribution >= 4 is 38.8 Å².